The van der Waals surface area contributed by atoms with Crippen LogP contribution in [0.1, 0.15) is 12.0 Å². The van der Waals surface area contributed by atoms with Crippen LogP contribution in [0.25, 0.3) is 0 Å². The van der Waals surface area contributed by atoms with Gasteiger partial charge in [-0.05, 0) is 71.3 Å². The molecule has 0 saturated heterocycles. The van der Waals surface area contributed by atoms with Crippen LogP contribution in [0.4, 0.5) is 0 Å². The second-order valence-corrected chi connectivity index (χ2v) is 5.49. The van der Waals surface area contributed by atoms with E-state index >= 15 is 0 Å². The Bertz CT molecular complexity index is 351. The van der Waals surface area contributed by atoms with Crippen LogP contribution in [0.2, 0.25) is 0 Å². The summed E-state index contributed by atoms with van der Waals surface area (Å²) in [6, 6.07) is 8.22. The zero-order valence-electron chi connectivity index (χ0n) is 13.1. The summed E-state index contributed by atoms with van der Waals surface area (Å²) in [4.78, 5) is 4.53. The Labute approximate surface area is 123 Å². The molecule has 2 N–H and O–H groups in total. The third-order valence-electron chi connectivity index (χ3n) is 3.24. The third-order valence-corrected chi connectivity index (χ3v) is 3.24. The van der Waals surface area contributed by atoms with Gasteiger partial charge < -0.3 is 20.3 Å². The lowest BCUT2D eigenvalue weighted by Crippen LogP contribution is -2.27. The molecule has 0 aromatic heterocycles. The summed E-state index contributed by atoms with van der Waals surface area (Å²) < 4.78 is 5.75. The van der Waals surface area contributed by atoms with Gasteiger partial charge in [0.25, 0.3) is 0 Å². The van der Waals surface area contributed by atoms with Crippen LogP contribution in [0.3, 0.4) is 0 Å². The third kappa shape index (κ3) is 7.48. The molecule has 0 fully saturated rings. The number of nitrogens with zero attached hydrogens (tertiary/aromatic N) is 2. The van der Waals surface area contributed by atoms with E-state index in [-0.39, 0.29) is 0 Å². The van der Waals surface area contributed by atoms with Crippen LogP contribution in [0.15, 0.2) is 24.3 Å². The molecular formula is C16H29N3O. The van der Waals surface area contributed by atoms with E-state index in [2.05, 4.69) is 43.1 Å². The van der Waals surface area contributed by atoms with Crippen LogP contribution in [0.5, 0.6) is 5.75 Å². The van der Waals surface area contributed by atoms with Crippen molar-refractivity contribution in [3.05, 3.63) is 29.8 Å². The highest BCUT2D eigenvalue weighted by atomic mass is 16.5. The number of likely N-dealkylation sites (N-methyl/N-ethyl adjacent to an activating group) is 1. The fourth-order valence-corrected chi connectivity index (χ4v) is 2.01. The second kappa shape index (κ2) is 9.75. The topological polar surface area (TPSA) is 41.7 Å². The summed E-state index contributed by atoms with van der Waals surface area (Å²) >= 11 is 0. The number of benzene rings is 1. The van der Waals surface area contributed by atoms with Crippen LogP contribution in [-0.4, -0.2) is 63.7 Å². The molecular weight excluding hydrogens is 250 g/mol. The quantitative estimate of drug-likeness (QED) is 0.704. The molecule has 0 unspecified atom stereocenters. The molecule has 1 aromatic carbocycles. The first-order chi connectivity index (χ1) is 9.61. The lowest BCUT2D eigenvalue weighted by Gasteiger charge is -2.18. The van der Waals surface area contributed by atoms with E-state index in [0.717, 1.165) is 38.4 Å². The van der Waals surface area contributed by atoms with E-state index in [9.17, 15) is 0 Å². The molecule has 4 heteroatoms. The molecule has 0 heterocycles. The Morgan fingerprint density at radius 2 is 1.70 bits per heavy atom. The van der Waals surface area contributed by atoms with Gasteiger partial charge in [-0.3, -0.25) is 0 Å². The van der Waals surface area contributed by atoms with Crippen LogP contribution in [0, 0.1) is 0 Å². The molecule has 0 aliphatic rings. The van der Waals surface area contributed by atoms with Gasteiger partial charge in [0, 0.05) is 6.54 Å². The molecule has 1 aromatic rings. The SMILES string of the molecule is CN(C)CCCN(C)CCOc1ccc(CCN)cc1. The van der Waals surface area contributed by atoms with E-state index < -0.39 is 0 Å². The first-order valence-electron chi connectivity index (χ1n) is 7.37. The van der Waals surface area contributed by atoms with Crippen molar-refractivity contribution in [1.82, 2.24) is 9.80 Å². The van der Waals surface area contributed by atoms with Crippen molar-refractivity contribution >= 4 is 0 Å². The van der Waals surface area contributed by atoms with E-state index in [1.807, 2.05) is 12.1 Å². The van der Waals surface area contributed by atoms with Gasteiger partial charge >= 0.3 is 0 Å². The summed E-state index contributed by atoms with van der Waals surface area (Å²) in [7, 11) is 6.36. The molecule has 0 amide bonds. The summed E-state index contributed by atoms with van der Waals surface area (Å²) in [6.45, 7) is 4.62. The largest absolute Gasteiger partial charge is 0.492 e. The molecule has 0 spiro atoms. The first-order valence-corrected chi connectivity index (χ1v) is 7.37. The molecule has 0 aliphatic heterocycles. The Morgan fingerprint density at radius 3 is 2.30 bits per heavy atom. The van der Waals surface area contributed by atoms with Crippen LogP contribution < -0.4 is 10.5 Å². The van der Waals surface area contributed by atoms with Gasteiger partial charge in [0.2, 0.25) is 0 Å². The normalized spacial score (nSPS) is 11.3. The summed E-state index contributed by atoms with van der Waals surface area (Å²) in [6.07, 6.45) is 2.12. The predicted octanol–water partition coefficient (Wildman–Crippen LogP) is 1.45. The van der Waals surface area contributed by atoms with Gasteiger partial charge in [-0.2, -0.15) is 0 Å². The summed E-state index contributed by atoms with van der Waals surface area (Å²) in [5.41, 5.74) is 6.80. The maximum Gasteiger partial charge on any atom is 0.119 e. The summed E-state index contributed by atoms with van der Waals surface area (Å²) in [5, 5.41) is 0. The van der Waals surface area contributed by atoms with Crippen molar-refractivity contribution in [3.63, 3.8) is 0 Å². The minimum atomic E-state index is 0.692. The smallest absolute Gasteiger partial charge is 0.119 e. The number of hydrogen-bond donors (Lipinski definition) is 1. The standard InChI is InChI=1S/C16H29N3O/c1-18(2)11-4-12-19(3)13-14-20-16-7-5-15(6-8-16)9-10-17/h5-8H,4,9-14,17H2,1-3H3. The Morgan fingerprint density at radius 1 is 1.00 bits per heavy atom. The molecule has 0 radical (unpaired) electrons. The van der Waals surface area contributed by atoms with Gasteiger partial charge in [-0.25, -0.2) is 0 Å². The maximum absolute atomic E-state index is 5.75. The molecule has 0 aliphatic carbocycles. The maximum atomic E-state index is 5.75. The number of hydrogen-bond acceptors (Lipinski definition) is 4. The van der Waals surface area contributed by atoms with Crippen molar-refractivity contribution in [2.24, 2.45) is 5.73 Å². The van der Waals surface area contributed by atoms with Crippen molar-refractivity contribution < 1.29 is 4.74 Å². The van der Waals surface area contributed by atoms with Gasteiger partial charge in [0.1, 0.15) is 12.4 Å². The monoisotopic (exact) mass is 279 g/mol. The Hall–Kier alpha value is -1.10. The number of nitrogens with two attached hydrogens (primary N) is 1. The average Bonchev–Trinajstić information content (AvgIpc) is 2.40. The minimum absolute atomic E-state index is 0.692. The van der Waals surface area contributed by atoms with E-state index in [0.29, 0.717) is 6.54 Å². The summed E-state index contributed by atoms with van der Waals surface area (Å²) in [5.74, 6) is 0.937. The molecule has 4 nitrogen and oxygen atoms in total. The second-order valence-electron chi connectivity index (χ2n) is 5.49. The number of rotatable bonds is 10. The highest BCUT2D eigenvalue weighted by Gasteiger charge is 2.00. The van der Waals surface area contributed by atoms with E-state index in [4.69, 9.17) is 10.5 Å². The predicted molar refractivity (Wildman–Crippen MR) is 85.4 cm³/mol. The van der Waals surface area contributed by atoms with E-state index in [1.165, 1.54) is 12.0 Å². The van der Waals surface area contributed by atoms with E-state index in [1.54, 1.807) is 0 Å². The van der Waals surface area contributed by atoms with Crippen molar-refractivity contribution in [1.29, 1.82) is 0 Å². The van der Waals surface area contributed by atoms with Gasteiger partial charge in [0.15, 0.2) is 0 Å². The van der Waals surface area contributed by atoms with Crippen molar-refractivity contribution in [2.45, 2.75) is 12.8 Å². The van der Waals surface area contributed by atoms with Crippen LogP contribution in [-0.2, 0) is 6.42 Å². The lowest BCUT2D eigenvalue weighted by molar-refractivity contribution is 0.229. The Balaban J connectivity index is 2.16. The molecule has 0 atom stereocenters. The van der Waals surface area contributed by atoms with Crippen molar-refractivity contribution in [3.8, 4) is 5.75 Å². The molecule has 114 valence electrons. The lowest BCUT2D eigenvalue weighted by atomic mass is 10.1. The number of ether oxygens (including phenoxy) is 1. The molecule has 1 rings (SSSR count). The molecule has 0 saturated carbocycles. The molecule has 20 heavy (non-hydrogen) atoms. The minimum Gasteiger partial charge on any atom is -0.492 e. The Kier molecular flexibility index (Phi) is 8.26. The fourth-order valence-electron chi connectivity index (χ4n) is 2.01. The van der Waals surface area contributed by atoms with Gasteiger partial charge in [0.05, 0.1) is 0 Å². The highest BCUT2D eigenvalue weighted by Crippen LogP contribution is 2.12. The molecule has 0 bridgehead atoms. The van der Waals surface area contributed by atoms with Crippen molar-refractivity contribution in [2.75, 3.05) is 53.9 Å². The fraction of sp³-hybridized carbons (Fsp3) is 0.625. The van der Waals surface area contributed by atoms with Gasteiger partial charge in [-0.1, -0.05) is 12.1 Å². The van der Waals surface area contributed by atoms with Crippen LogP contribution >= 0.6 is 0 Å². The first kappa shape index (κ1) is 17.0. The highest BCUT2D eigenvalue weighted by molar-refractivity contribution is 5.27. The zero-order chi connectivity index (χ0) is 14.8. The average molecular weight is 279 g/mol. The van der Waals surface area contributed by atoms with Gasteiger partial charge in [-0.15, -0.1) is 0 Å². The zero-order valence-corrected chi connectivity index (χ0v) is 13.1.